The van der Waals surface area contributed by atoms with Gasteiger partial charge in [-0.25, -0.2) is 0 Å². The van der Waals surface area contributed by atoms with Gasteiger partial charge in [-0.2, -0.15) is 0 Å². The Labute approximate surface area is 72.5 Å². The molecular formula is C10H13NO. The van der Waals surface area contributed by atoms with Crippen LogP contribution in [0.4, 0.5) is 0 Å². The molecule has 1 aliphatic heterocycles. The Morgan fingerprint density at radius 2 is 2.33 bits per heavy atom. The quantitative estimate of drug-likeness (QED) is 0.717. The van der Waals surface area contributed by atoms with Gasteiger partial charge in [0.05, 0.1) is 6.04 Å². The maximum absolute atomic E-state index is 5.50. The second-order valence-electron chi connectivity index (χ2n) is 2.96. The second kappa shape index (κ2) is 3.15. The van der Waals surface area contributed by atoms with Crippen molar-refractivity contribution in [2.45, 2.75) is 13.0 Å². The fourth-order valence-corrected chi connectivity index (χ4v) is 1.58. The molecule has 0 bridgehead atoms. The fraction of sp³-hybridized carbons (Fsp3) is 0.400. The molecule has 0 aromatic heterocycles. The normalized spacial score (nSPS) is 20.2. The zero-order chi connectivity index (χ0) is 8.39. The molecule has 1 aromatic rings. The van der Waals surface area contributed by atoms with Crippen molar-refractivity contribution in [1.82, 2.24) is 5.32 Å². The van der Waals surface area contributed by atoms with Gasteiger partial charge in [0.15, 0.2) is 0 Å². The maximum atomic E-state index is 5.50. The first-order valence-electron chi connectivity index (χ1n) is 4.37. The topological polar surface area (TPSA) is 21.3 Å². The highest BCUT2D eigenvalue weighted by Crippen LogP contribution is 2.31. The molecule has 1 aliphatic rings. The van der Waals surface area contributed by atoms with Gasteiger partial charge in [-0.1, -0.05) is 25.1 Å². The molecule has 64 valence electrons. The number of nitrogens with one attached hydrogen (secondary N) is 1. The molecule has 0 saturated heterocycles. The van der Waals surface area contributed by atoms with Crippen LogP contribution in [0.5, 0.6) is 5.75 Å². The van der Waals surface area contributed by atoms with Crippen LogP contribution in [-0.4, -0.2) is 13.2 Å². The van der Waals surface area contributed by atoms with Crippen molar-refractivity contribution in [1.29, 1.82) is 0 Å². The number of benzene rings is 1. The van der Waals surface area contributed by atoms with Gasteiger partial charge in [0, 0.05) is 5.56 Å². The first-order chi connectivity index (χ1) is 5.92. The van der Waals surface area contributed by atoms with Gasteiger partial charge in [0.2, 0.25) is 0 Å². The van der Waals surface area contributed by atoms with E-state index in [0.29, 0.717) is 6.04 Å². The average Bonchev–Trinajstić information content (AvgIpc) is 2.50. The van der Waals surface area contributed by atoms with Crippen molar-refractivity contribution in [3.63, 3.8) is 0 Å². The summed E-state index contributed by atoms with van der Waals surface area (Å²) >= 11 is 0. The number of ether oxygens (including phenoxy) is 1. The number of hydrogen-bond acceptors (Lipinski definition) is 2. The van der Waals surface area contributed by atoms with Crippen LogP contribution in [0, 0.1) is 0 Å². The highest BCUT2D eigenvalue weighted by atomic mass is 16.5. The largest absolute Gasteiger partial charge is 0.491 e. The molecule has 1 unspecified atom stereocenters. The summed E-state index contributed by atoms with van der Waals surface area (Å²) in [5, 5.41) is 3.38. The number of fused-ring (bicyclic) bond motifs is 1. The zero-order valence-corrected chi connectivity index (χ0v) is 7.21. The van der Waals surface area contributed by atoms with Crippen LogP contribution in [-0.2, 0) is 0 Å². The van der Waals surface area contributed by atoms with E-state index in [1.165, 1.54) is 5.56 Å². The van der Waals surface area contributed by atoms with Gasteiger partial charge in [-0.15, -0.1) is 0 Å². The van der Waals surface area contributed by atoms with Gasteiger partial charge in [-0.05, 0) is 12.6 Å². The Kier molecular flexibility index (Phi) is 2.00. The van der Waals surface area contributed by atoms with Crippen LogP contribution < -0.4 is 10.1 Å². The summed E-state index contributed by atoms with van der Waals surface area (Å²) in [6.07, 6.45) is 0. The Morgan fingerprint density at radius 3 is 3.17 bits per heavy atom. The minimum Gasteiger partial charge on any atom is -0.491 e. The average molecular weight is 163 g/mol. The molecule has 0 spiro atoms. The Balaban J connectivity index is 2.24. The lowest BCUT2D eigenvalue weighted by atomic mass is 10.1. The molecule has 2 heteroatoms. The minimum atomic E-state index is 0.395. The molecule has 2 nitrogen and oxygen atoms in total. The smallest absolute Gasteiger partial charge is 0.124 e. The zero-order valence-electron chi connectivity index (χ0n) is 7.21. The number of rotatable bonds is 2. The molecule has 0 radical (unpaired) electrons. The lowest BCUT2D eigenvalue weighted by molar-refractivity contribution is 0.313. The Bertz CT molecular complexity index is 270. The molecule has 1 aromatic carbocycles. The molecule has 0 aliphatic carbocycles. The molecule has 1 atom stereocenters. The molecule has 0 saturated carbocycles. The van der Waals surface area contributed by atoms with Crippen molar-refractivity contribution in [3.05, 3.63) is 29.8 Å². The second-order valence-corrected chi connectivity index (χ2v) is 2.96. The van der Waals surface area contributed by atoms with Crippen LogP contribution in [0.25, 0.3) is 0 Å². The predicted octanol–water partition coefficient (Wildman–Crippen LogP) is 1.73. The monoisotopic (exact) mass is 163 g/mol. The van der Waals surface area contributed by atoms with Crippen molar-refractivity contribution in [2.75, 3.05) is 13.2 Å². The first-order valence-corrected chi connectivity index (χ1v) is 4.37. The minimum absolute atomic E-state index is 0.395. The van der Waals surface area contributed by atoms with E-state index in [1.807, 2.05) is 12.1 Å². The van der Waals surface area contributed by atoms with E-state index >= 15 is 0 Å². The van der Waals surface area contributed by atoms with Crippen LogP contribution in [0.15, 0.2) is 24.3 Å². The van der Waals surface area contributed by atoms with E-state index in [-0.39, 0.29) is 0 Å². The SMILES string of the molecule is CCNC1COc2ccccc21. The van der Waals surface area contributed by atoms with Crippen molar-refractivity contribution in [2.24, 2.45) is 0 Å². The van der Waals surface area contributed by atoms with Crippen molar-refractivity contribution >= 4 is 0 Å². The van der Waals surface area contributed by atoms with Gasteiger partial charge >= 0.3 is 0 Å². The third kappa shape index (κ3) is 1.18. The standard InChI is InChI=1S/C10H13NO/c1-2-11-9-7-12-10-6-4-3-5-8(9)10/h3-6,9,11H,2,7H2,1H3. The number of hydrogen-bond donors (Lipinski definition) is 1. The van der Waals surface area contributed by atoms with Crippen LogP contribution in [0.1, 0.15) is 18.5 Å². The van der Waals surface area contributed by atoms with Gasteiger partial charge in [0.1, 0.15) is 12.4 Å². The summed E-state index contributed by atoms with van der Waals surface area (Å²) in [7, 11) is 0. The van der Waals surface area contributed by atoms with E-state index < -0.39 is 0 Å². The Morgan fingerprint density at radius 1 is 1.50 bits per heavy atom. The van der Waals surface area contributed by atoms with Crippen LogP contribution >= 0.6 is 0 Å². The van der Waals surface area contributed by atoms with Crippen molar-refractivity contribution < 1.29 is 4.74 Å². The summed E-state index contributed by atoms with van der Waals surface area (Å²) < 4.78 is 5.50. The van der Waals surface area contributed by atoms with Crippen LogP contribution in [0.2, 0.25) is 0 Å². The van der Waals surface area contributed by atoms with E-state index in [9.17, 15) is 0 Å². The van der Waals surface area contributed by atoms with Crippen LogP contribution in [0.3, 0.4) is 0 Å². The number of likely N-dealkylation sites (N-methyl/N-ethyl adjacent to an activating group) is 1. The van der Waals surface area contributed by atoms with E-state index in [4.69, 9.17) is 4.74 Å². The van der Waals surface area contributed by atoms with E-state index in [2.05, 4.69) is 24.4 Å². The summed E-state index contributed by atoms with van der Waals surface area (Å²) in [5.74, 6) is 1.03. The highest BCUT2D eigenvalue weighted by molar-refractivity contribution is 5.39. The van der Waals surface area contributed by atoms with E-state index in [1.54, 1.807) is 0 Å². The summed E-state index contributed by atoms with van der Waals surface area (Å²) in [5.41, 5.74) is 1.29. The first kappa shape index (κ1) is 7.62. The third-order valence-electron chi connectivity index (χ3n) is 2.15. The molecule has 1 N–H and O–H groups in total. The Hall–Kier alpha value is -1.02. The van der Waals surface area contributed by atoms with Gasteiger partial charge in [0.25, 0.3) is 0 Å². The van der Waals surface area contributed by atoms with Gasteiger partial charge < -0.3 is 10.1 Å². The van der Waals surface area contributed by atoms with Gasteiger partial charge in [-0.3, -0.25) is 0 Å². The molecular weight excluding hydrogens is 150 g/mol. The highest BCUT2D eigenvalue weighted by Gasteiger charge is 2.21. The molecule has 12 heavy (non-hydrogen) atoms. The lowest BCUT2D eigenvalue weighted by Crippen LogP contribution is -2.21. The number of para-hydroxylation sites is 1. The third-order valence-corrected chi connectivity index (χ3v) is 2.15. The molecule has 2 rings (SSSR count). The van der Waals surface area contributed by atoms with Crippen molar-refractivity contribution in [3.8, 4) is 5.75 Å². The molecule has 1 heterocycles. The molecule has 0 fully saturated rings. The lowest BCUT2D eigenvalue weighted by Gasteiger charge is -2.07. The van der Waals surface area contributed by atoms with E-state index in [0.717, 1.165) is 18.9 Å². The predicted molar refractivity (Wildman–Crippen MR) is 48.4 cm³/mol. The summed E-state index contributed by atoms with van der Waals surface area (Å²) in [6.45, 7) is 3.87. The molecule has 0 amide bonds. The summed E-state index contributed by atoms with van der Waals surface area (Å²) in [4.78, 5) is 0. The summed E-state index contributed by atoms with van der Waals surface area (Å²) in [6, 6.07) is 8.60. The fourth-order valence-electron chi connectivity index (χ4n) is 1.58. The maximum Gasteiger partial charge on any atom is 0.124 e.